The molecule has 2 rings (SSSR count). The molecule has 1 unspecified atom stereocenters. The maximum Gasteiger partial charge on any atom is 0.344 e. The molecule has 0 N–H and O–H groups in total. The number of nitrogens with zero attached hydrogens (tertiary/aromatic N) is 1. The van der Waals surface area contributed by atoms with Crippen molar-refractivity contribution in [2.24, 2.45) is 5.92 Å². The number of benzene rings is 1. The normalized spacial score (nSPS) is 17.4. The number of carbonyl (C=O) groups excluding carboxylic acids is 3. The number of hydrogen-bond donors (Lipinski definition) is 0. The zero-order valence-electron chi connectivity index (χ0n) is 13.2. The molecular formula is C17H21NO5. The number of aldehydes is 1. The van der Waals surface area contributed by atoms with Gasteiger partial charge in [0, 0.05) is 13.1 Å². The summed E-state index contributed by atoms with van der Waals surface area (Å²) in [6, 6.07) is 6.59. The Hall–Kier alpha value is -2.37. The van der Waals surface area contributed by atoms with E-state index in [1.165, 1.54) is 0 Å². The van der Waals surface area contributed by atoms with Gasteiger partial charge in [-0.25, -0.2) is 4.79 Å². The zero-order valence-corrected chi connectivity index (χ0v) is 13.2. The Labute approximate surface area is 135 Å². The highest BCUT2D eigenvalue weighted by Gasteiger charge is 2.21. The second-order valence-electron chi connectivity index (χ2n) is 5.69. The van der Waals surface area contributed by atoms with Gasteiger partial charge in [0.15, 0.2) is 19.5 Å². The first-order valence-electron chi connectivity index (χ1n) is 7.70. The maximum absolute atomic E-state index is 12.0. The fourth-order valence-electron chi connectivity index (χ4n) is 2.54. The third-order valence-corrected chi connectivity index (χ3v) is 3.76. The lowest BCUT2D eigenvalue weighted by Crippen LogP contribution is -2.41. The molecule has 1 aromatic carbocycles. The monoisotopic (exact) mass is 319 g/mol. The molecule has 124 valence electrons. The van der Waals surface area contributed by atoms with E-state index in [4.69, 9.17) is 9.47 Å². The molecule has 1 fully saturated rings. The SMILES string of the molecule is CC1CCCN(C(=O)COC(=O)COc2ccccc2C=O)C1. The van der Waals surface area contributed by atoms with Crippen LogP contribution in [0.4, 0.5) is 0 Å². The Morgan fingerprint density at radius 1 is 1.30 bits per heavy atom. The van der Waals surface area contributed by atoms with Crippen molar-refractivity contribution in [3.8, 4) is 5.75 Å². The number of amides is 1. The predicted molar refractivity (Wildman–Crippen MR) is 83.3 cm³/mol. The van der Waals surface area contributed by atoms with E-state index in [0.29, 0.717) is 36.6 Å². The molecule has 1 aromatic rings. The van der Waals surface area contributed by atoms with Crippen LogP contribution in [-0.4, -0.2) is 49.4 Å². The van der Waals surface area contributed by atoms with Gasteiger partial charge in [0.05, 0.1) is 5.56 Å². The van der Waals surface area contributed by atoms with Crippen molar-refractivity contribution in [2.45, 2.75) is 19.8 Å². The summed E-state index contributed by atoms with van der Waals surface area (Å²) < 4.78 is 10.2. The summed E-state index contributed by atoms with van der Waals surface area (Å²) in [6.07, 6.45) is 2.75. The number of carbonyl (C=O) groups is 3. The fourth-order valence-corrected chi connectivity index (χ4v) is 2.54. The minimum atomic E-state index is -0.635. The molecule has 0 radical (unpaired) electrons. The molecule has 0 saturated carbocycles. The Balaban J connectivity index is 1.74. The number of esters is 1. The van der Waals surface area contributed by atoms with Crippen LogP contribution < -0.4 is 4.74 Å². The standard InChI is InChI=1S/C17H21NO5/c1-13-5-4-8-18(9-13)16(20)11-23-17(21)12-22-15-7-3-2-6-14(15)10-19/h2-3,6-7,10,13H,4-5,8-9,11-12H2,1H3. The summed E-state index contributed by atoms with van der Waals surface area (Å²) in [4.78, 5) is 36.2. The van der Waals surface area contributed by atoms with Crippen LogP contribution in [0.3, 0.4) is 0 Å². The van der Waals surface area contributed by atoms with E-state index in [-0.39, 0.29) is 19.1 Å². The first kappa shape index (κ1) is 17.0. The Kier molecular flexibility index (Phi) is 6.14. The third kappa shape index (κ3) is 5.09. The minimum absolute atomic E-state index is 0.182. The molecule has 1 atom stereocenters. The maximum atomic E-state index is 12.0. The van der Waals surface area contributed by atoms with Crippen molar-refractivity contribution >= 4 is 18.2 Å². The number of hydrogen-bond acceptors (Lipinski definition) is 5. The van der Waals surface area contributed by atoms with Gasteiger partial charge >= 0.3 is 5.97 Å². The molecule has 0 aromatic heterocycles. The summed E-state index contributed by atoms with van der Waals surface area (Å²) in [5.41, 5.74) is 0.360. The Morgan fingerprint density at radius 3 is 2.83 bits per heavy atom. The van der Waals surface area contributed by atoms with Crippen LogP contribution in [0.15, 0.2) is 24.3 Å². The lowest BCUT2D eigenvalue weighted by Gasteiger charge is -2.30. The van der Waals surface area contributed by atoms with E-state index in [0.717, 1.165) is 12.8 Å². The van der Waals surface area contributed by atoms with Gasteiger partial charge in [0.1, 0.15) is 5.75 Å². The van der Waals surface area contributed by atoms with Crippen LogP contribution >= 0.6 is 0 Å². The molecule has 0 aliphatic carbocycles. The summed E-state index contributed by atoms with van der Waals surface area (Å²) in [7, 11) is 0. The van der Waals surface area contributed by atoms with E-state index in [9.17, 15) is 14.4 Å². The van der Waals surface area contributed by atoms with E-state index < -0.39 is 5.97 Å². The highest BCUT2D eigenvalue weighted by molar-refractivity contribution is 5.82. The van der Waals surface area contributed by atoms with Crippen molar-refractivity contribution in [2.75, 3.05) is 26.3 Å². The van der Waals surface area contributed by atoms with E-state index in [1.54, 1.807) is 29.2 Å². The first-order chi connectivity index (χ1) is 11.1. The van der Waals surface area contributed by atoms with Crippen molar-refractivity contribution < 1.29 is 23.9 Å². The lowest BCUT2D eigenvalue weighted by atomic mass is 10.0. The van der Waals surface area contributed by atoms with Gasteiger partial charge in [-0.2, -0.15) is 0 Å². The highest BCUT2D eigenvalue weighted by Crippen LogP contribution is 2.16. The first-order valence-corrected chi connectivity index (χ1v) is 7.70. The summed E-state index contributed by atoms with van der Waals surface area (Å²) in [6.45, 7) is 2.91. The van der Waals surface area contributed by atoms with Gasteiger partial charge in [0.2, 0.25) is 0 Å². The lowest BCUT2D eigenvalue weighted by molar-refractivity contribution is -0.154. The van der Waals surface area contributed by atoms with E-state index >= 15 is 0 Å². The van der Waals surface area contributed by atoms with Crippen LogP contribution in [0.5, 0.6) is 5.75 Å². The number of ether oxygens (including phenoxy) is 2. The molecule has 1 aliphatic heterocycles. The third-order valence-electron chi connectivity index (χ3n) is 3.76. The number of piperidine rings is 1. The minimum Gasteiger partial charge on any atom is -0.481 e. The van der Waals surface area contributed by atoms with Crippen LogP contribution in [0.25, 0.3) is 0 Å². The van der Waals surface area contributed by atoms with Gasteiger partial charge in [-0.15, -0.1) is 0 Å². The molecule has 0 spiro atoms. The molecular weight excluding hydrogens is 298 g/mol. The Bertz CT molecular complexity index is 572. The van der Waals surface area contributed by atoms with Gasteiger partial charge < -0.3 is 14.4 Å². The quantitative estimate of drug-likeness (QED) is 0.589. The number of likely N-dealkylation sites (tertiary alicyclic amines) is 1. The van der Waals surface area contributed by atoms with Crippen LogP contribution in [0, 0.1) is 5.92 Å². The van der Waals surface area contributed by atoms with Crippen LogP contribution in [0.1, 0.15) is 30.1 Å². The molecule has 1 amide bonds. The molecule has 6 nitrogen and oxygen atoms in total. The summed E-state index contributed by atoms with van der Waals surface area (Å²) >= 11 is 0. The smallest absolute Gasteiger partial charge is 0.344 e. The second kappa shape index (κ2) is 8.31. The highest BCUT2D eigenvalue weighted by atomic mass is 16.6. The van der Waals surface area contributed by atoms with Gasteiger partial charge in [-0.05, 0) is 30.9 Å². The van der Waals surface area contributed by atoms with Crippen molar-refractivity contribution in [1.82, 2.24) is 4.90 Å². The summed E-state index contributed by atoms with van der Waals surface area (Å²) in [5.74, 6) is -0.0236. The molecule has 1 heterocycles. The van der Waals surface area contributed by atoms with Gasteiger partial charge in [0.25, 0.3) is 5.91 Å². The fraction of sp³-hybridized carbons (Fsp3) is 0.471. The van der Waals surface area contributed by atoms with Crippen molar-refractivity contribution in [3.63, 3.8) is 0 Å². The van der Waals surface area contributed by atoms with Gasteiger partial charge in [-0.3, -0.25) is 9.59 Å². The number of para-hydroxylation sites is 1. The Morgan fingerprint density at radius 2 is 2.09 bits per heavy atom. The van der Waals surface area contributed by atoms with Gasteiger partial charge in [-0.1, -0.05) is 19.1 Å². The summed E-state index contributed by atoms with van der Waals surface area (Å²) in [5, 5.41) is 0. The largest absolute Gasteiger partial charge is 0.481 e. The zero-order chi connectivity index (χ0) is 16.7. The predicted octanol–water partition coefficient (Wildman–Crippen LogP) is 1.68. The van der Waals surface area contributed by atoms with Crippen molar-refractivity contribution in [3.05, 3.63) is 29.8 Å². The average Bonchev–Trinajstić information content (AvgIpc) is 2.58. The molecule has 0 bridgehead atoms. The average molecular weight is 319 g/mol. The van der Waals surface area contributed by atoms with Crippen molar-refractivity contribution in [1.29, 1.82) is 0 Å². The topological polar surface area (TPSA) is 72.9 Å². The van der Waals surface area contributed by atoms with E-state index in [2.05, 4.69) is 6.92 Å². The number of rotatable bonds is 6. The van der Waals surface area contributed by atoms with E-state index in [1.807, 2.05) is 0 Å². The van der Waals surface area contributed by atoms with Crippen LogP contribution in [-0.2, 0) is 14.3 Å². The molecule has 6 heteroatoms. The molecule has 1 aliphatic rings. The second-order valence-corrected chi connectivity index (χ2v) is 5.69. The van der Waals surface area contributed by atoms with Crippen LogP contribution in [0.2, 0.25) is 0 Å². The molecule has 23 heavy (non-hydrogen) atoms. The molecule has 1 saturated heterocycles.